The first-order chi connectivity index (χ1) is 22.2. The second-order valence-electron chi connectivity index (χ2n) is 13.3. The van der Waals surface area contributed by atoms with Crippen molar-refractivity contribution in [2.45, 2.75) is 123 Å². The number of nitrogens with zero attached hydrogens (tertiary/aromatic N) is 1. The van der Waals surface area contributed by atoms with Crippen LogP contribution in [0, 0.1) is 5.92 Å². The molecular weight excluding hydrogens is 628 g/mol. The van der Waals surface area contributed by atoms with E-state index in [1.165, 1.54) is 0 Å². The lowest BCUT2D eigenvalue weighted by Crippen LogP contribution is -2.71. The number of Topliss-reactive ketones (excluding diaryl/α,β-unsaturated/α-hetero) is 1. The molecule has 0 aromatic carbocycles. The minimum Gasteiger partial charge on any atom is -0.394 e. The van der Waals surface area contributed by atoms with Crippen LogP contribution in [0.15, 0.2) is 4.99 Å². The number of aliphatic hydroxyl groups is 7. The lowest BCUT2D eigenvalue weighted by molar-refractivity contribution is -0.325. The number of hydrogen-bond acceptors (Lipinski definition) is 18. The molecule has 5 rings (SSSR count). The number of carbonyl (C=O) groups excluding carboxylic acids is 1. The molecule has 2 saturated carbocycles. The first-order valence-electron chi connectivity index (χ1n) is 15.9. The van der Waals surface area contributed by atoms with Gasteiger partial charge in [0.05, 0.1) is 30.8 Å². The van der Waals surface area contributed by atoms with Crippen molar-refractivity contribution in [1.82, 2.24) is 10.6 Å². The fourth-order valence-corrected chi connectivity index (χ4v) is 6.83. The summed E-state index contributed by atoms with van der Waals surface area (Å²) in [4.78, 5) is 17.2. The Bertz CT molecular complexity index is 1120. The number of aliphatic hydroxyl groups excluding tert-OH is 6. The fourth-order valence-electron chi connectivity index (χ4n) is 6.83. The Labute approximate surface area is 270 Å². The Morgan fingerprint density at radius 1 is 0.936 bits per heavy atom. The molecular formula is C27H50N8O12. The van der Waals surface area contributed by atoms with E-state index in [2.05, 4.69) is 15.6 Å². The van der Waals surface area contributed by atoms with Gasteiger partial charge < -0.3 is 94.0 Å². The van der Waals surface area contributed by atoms with Crippen LogP contribution in [-0.4, -0.2) is 177 Å². The van der Waals surface area contributed by atoms with Gasteiger partial charge in [0.2, 0.25) is 0 Å². The van der Waals surface area contributed by atoms with Crippen LogP contribution in [0.5, 0.6) is 0 Å². The van der Waals surface area contributed by atoms with Crippen LogP contribution in [-0.2, 0) is 23.7 Å². The minimum atomic E-state index is -1.84. The van der Waals surface area contributed by atoms with Crippen molar-refractivity contribution in [3.63, 3.8) is 0 Å². The SMILES string of the molecule is NC[C@H]1O[C@H](OC2[C@@H](N)C[C@@H](CC(=O)C3(O)CC3N=C(N)N)[C@H](O[C@H]3O[C@H](CO)[C@@H](O)[C@H](N)[C@H]3O)[C@H]2O)[C@H](NC2CNC2)[C@@H](O)[C@@H]1O. The van der Waals surface area contributed by atoms with Gasteiger partial charge in [-0.05, 0) is 12.3 Å². The maximum atomic E-state index is 13.3. The molecule has 0 aromatic rings. The molecule has 0 radical (unpaired) electrons. The Morgan fingerprint density at radius 3 is 2.19 bits per heavy atom. The summed E-state index contributed by atoms with van der Waals surface area (Å²) in [5.41, 5.74) is 27.3. The summed E-state index contributed by atoms with van der Waals surface area (Å²) in [5.74, 6) is -1.81. The average Bonchev–Trinajstić information content (AvgIpc) is 3.66. The van der Waals surface area contributed by atoms with Crippen molar-refractivity contribution in [3.05, 3.63) is 0 Å². The predicted octanol–water partition coefficient (Wildman–Crippen LogP) is -8.70. The lowest BCUT2D eigenvalue weighted by atomic mass is 9.76. The van der Waals surface area contributed by atoms with Gasteiger partial charge in [0, 0.05) is 44.6 Å². The summed E-state index contributed by atoms with van der Waals surface area (Å²) in [7, 11) is 0. The monoisotopic (exact) mass is 678 g/mol. The number of hydrogen-bond donors (Lipinski definition) is 14. The van der Waals surface area contributed by atoms with Crippen LogP contribution in [0.1, 0.15) is 19.3 Å². The van der Waals surface area contributed by atoms with Gasteiger partial charge >= 0.3 is 0 Å². The normalized spacial score (nSPS) is 48.8. The zero-order chi connectivity index (χ0) is 34.4. The van der Waals surface area contributed by atoms with Gasteiger partial charge in [0.25, 0.3) is 0 Å². The molecule has 3 heterocycles. The summed E-state index contributed by atoms with van der Waals surface area (Å²) >= 11 is 0. The molecule has 0 amide bonds. The third kappa shape index (κ3) is 7.43. The van der Waals surface area contributed by atoms with Crippen LogP contribution in [0.3, 0.4) is 0 Å². The second-order valence-corrected chi connectivity index (χ2v) is 13.3. The van der Waals surface area contributed by atoms with E-state index in [-0.39, 0.29) is 37.8 Å². The molecule has 17 atom stereocenters. The van der Waals surface area contributed by atoms with Crippen LogP contribution in [0.25, 0.3) is 0 Å². The third-order valence-corrected chi connectivity index (χ3v) is 9.93. The Hall–Kier alpha value is -1.70. The number of guanidine groups is 1. The van der Waals surface area contributed by atoms with E-state index in [0.717, 1.165) is 0 Å². The van der Waals surface area contributed by atoms with Gasteiger partial charge in [-0.3, -0.25) is 4.79 Å². The highest BCUT2D eigenvalue weighted by Gasteiger charge is 2.60. The number of rotatable bonds is 12. The van der Waals surface area contributed by atoms with E-state index in [4.69, 9.17) is 47.6 Å². The molecule has 3 saturated heterocycles. The zero-order valence-electron chi connectivity index (χ0n) is 25.8. The molecule has 0 spiro atoms. The summed E-state index contributed by atoms with van der Waals surface area (Å²) in [6, 6.07) is -4.11. The quantitative estimate of drug-likeness (QED) is 0.0672. The van der Waals surface area contributed by atoms with Gasteiger partial charge in [-0.15, -0.1) is 0 Å². The number of aliphatic imine (C=N–C) groups is 1. The van der Waals surface area contributed by atoms with Crippen molar-refractivity contribution >= 4 is 11.7 Å². The molecule has 0 aromatic heterocycles. The molecule has 5 aliphatic rings. The Balaban J connectivity index is 1.39. The van der Waals surface area contributed by atoms with Crippen LogP contribution < -0.4 is 39.3 Å². The summed E-state index contributed by atoms with van der Waals surface area (Å²) in [6.45, 7) is 0.376. The standard InChI is InChI=1S/C27H50N8O12/c28-4-11-18(39)20(41)16(34-9-5-33-6-9)24(44-11)47-23-10(29)1-8(2-14(37)27(43)3-13(27)35-26(31)32)22(21(23)42)46-25-19(40)15(30)17(38)12(7-36)45-25/h8-13,15-25,33-34,36,38-43H,1-7,28-30H2,(H4,31,32,35)/t8-,10-,11+,12+,13?,15-,16+,17+,18+,19+,20+,21+,22-,23?,24+,25+,27?/m0/s1. The van der Waals surface area contributed by atoms with Gasteiger partial charge in [-0.1, -0.05) is 0 Å². The van der Waals surface area contributed by atoms with Gasteiger partial charge in [-0.2, -0.15) is 0 Å². The maximum absolute atomic E-state index is 13.3. The van der Waals surface area contributed by atoms with E-state index >= 15 is 0 Å². The van der Waals surface area contributed by atoms with E-state index in [9.17, 15) is 40.5 Å². The predicted molar refractivity (Wildman–Crippen MR) is 160 cm³/mol. The largest absolute Gasteiger partial charge is 0.394 e. The van der Waals surface area contributed by atoms with Crippen molar-refractivity contribution in [2.24, 2.45) is 39.6 Å². The number of carbonyl (C=O) groups is 1. The molecule has 47 heavy (non-hydrogen) atoms. The van der Waals surface area contributed by atoms with Crippen molar-refractivity contribution < 1.29 is 59.5 Å². The number of ketones is 1. The lowest BCUT2D eigenvalue weighted by Gasteiger charge is -2.50. The first-order valence-corrected chi connectivity index (χ1v) is 15.9. The van der Waals surface area contributed by atoms with Crippen LogP contribution >= 0.6 is 0 Å². The summed E-state index contributed by atoms with van der Waals surface area (Å²) in [5, 5.41) is 81.4. The Kier molecular flexibility index (Phi) is 11.4. The summed E-state index contributed by atoms with van der Waals surface area (Å²) < 4.78 is 23.8. The number of ether oxygens (including phenoxy) is 4. The second kappa shape index (κ2) is 14.6. The first kappa shape index (κ1) is 36.6. The van der Waals surface area contributed by atoms with Gasteiger partial charge in [0.15, 0.2) is 24.3 Å². The molecule has 3 unspecified atom stereocenters. The van der Waals surface area contributed by atoms with Crippen LogP contribution in [0.2, 0.25) is 0 Å². The Morgan fingerprint density at radius 2 is 1.60 bits per heavy atom. The minimum absolute atomic E-state index is 0.00897. The smallest absolute Gasteiger partial charge is 0.186 e. The third-order valence-electron chi connectivity index (χ3n) is 9.93. The molecule has 3 aliphatic heterocycles. The molecule has 19 N–H and O–H groups in total. The van der Waals surface area contributed by atoms with Crippen LogP contribution in [0.4, 0.5) is 0 Å². The molecule has 20 heteroatoms. The van der Waals surface area contributed by atoms with Crippen molar-refractivity contribution in [3.8, 4) is 0 Å². The highest BCUT2D eigenvalue weighted by molar-refractivity contribution is 5.92. The molecule has 270 valence electrons. The van der Waals surface area contributed by atoms with Gasteiger partial charge in [0.1, 0.15) is 54.4 Å². The van der Waals surface area contributed by atoms with Crippen molar-refractivity contribution in [2.75, 3.05) is 26.2 Å². The molecule has 5 fully saturated rings. The molecule has 0 bridgehead atoms. The highest BCUT2D eigenvalue weighted by atomic mass is 16.7. The number of nitrogens with one attached hydrogen (secondary N) is 2. The zero-order valence-corrected chi connectivity index (χ0v) is 25.8. The van der Waals surface area contributed by atoms with E-state index < -0.39 is 116 Å². The fraction of sp³-hybridized carbons (Fsp3) is 0.926. The van der Waals surface area contributed by atoms with Crippen molar-refractivity contribution in [1.29, 1.82) is 0 Å². The summed E-state index contributed by atoms with van der Waals surface area (Å²) in [6.07, 6.45) is -15.4. The van der Waals surface area contributed by atoms with Gasteiger partial charge in [-0.25, -0.2) is 4.99 Å². The topological polar surface area (TPSA) is 362 Å². The highest BCUT2D eigenvalue weighted by Crippen LogP contribution is 2.43. The average molecular weight is 679 g/mol. The van der Waals surface area contributed by atoms with E-state index in [1.54, 1.807) is 0 Å². The molecule has 2 aliphatic carbocycles. The maximum Gasteiger partial charge on any atom is 0.186 e. The van der Waals surface area contributed by atoms with E-state index in [1.807, 2.05) is 0 Å². The van der Waals surface area contributed by atoms with E-state index in [0.29, 0.717) is 13.1 Å². The number of nitrogens with two attached hydrogens (primary N) is 5. The molecule has 20 nitrogen and oxygen atoms in total.